The predicted molar refractivity (Wildman–Crippen MR) is 159 cm³/mol. The van der Waals surface area contributed by atoms with Gasteiger partial charge in [0.05, 0.1) is 41.1 Å². The first-order valence-corrected chi connectivity index (χ1v) is 15.7. The fraction of sp³-hybridized carbons (Fsp3) is 0.367. The second-order valence-corrected chi connectivity index (χ2v) is 13.2. The Morgan fingerprint density at radius 3 is 2.56 bits per heavy atom. The molecular formula is C30H33N7O3S. The largest absolute Gasteiger partial charge is 0.356 e. The number of hydrogen-bond acceptors (Lipinski definition) is 8. The lowest BCUT2D eigenvalue weighted by Crippen LogP contribution is -2.39. The first-order chi connectivity index (χ1) is 19.6. The highest BCUT2D eigenvalue weighted by Gasteiger charge is 2.28. The van der Waals surface area contributed by atoms with Gasteiger partial charge in [-0.25, -0.2) is 18.4 Å². The van der Waals surface area contributed by atoms with Gasteiger partial charge in [-0.2, -0.15) is 0 Å². The second kappa shape index (κ2) is 10.7. The van der Waals surface area contributed by atoms with Crippen LogP contribution in [0.3, 0.4) is 0 Å². The van der Waals surface area contributed by atoms with E-state index in [-0.39, 0.29) is 12.2 Å². The van der Waals surface area contributed by atoms with Crippen LogP contribution in [-0.2, 0) is 23.0 Å². The minimum Gasteiger partial charge on any atom is -0.356 e. The zero-order valence-corrected chi connectivity index (χ0v) is 24.2. The molecule has 4 aromatic heterocycles. The number of amides is 1. The van der Waals surface area contributed by atoms with Gasteiger partial charge in [-0.1, -0.05) is 19.9 Å². The van der Waals surface area contributed by atoms with E-state index in [4.69, 9.17) is 9.97 Å². The van der Waals surface area contributed by atoms with Crippen LogP contribution in [0, 0.1) is 11.8 Å². The van der Waals surface area contributed by atoms with Crippen molar-refractivity contribution in [3.63, 3.8) is 0 Å². The van der Waals surface area contributed by atoms with E-state index in [0.717, 1.165) is 53.0 Å². The summed E-state index contributed by atoms with van der Waals surface area (Å²) in [7, 11) is -3.42. The van der Waals surface area contributed by atoms with E-state index in [9.17, 15) is 13.2 Å². The molecule has 0 bridgehead atoms. The number of nitrogens with one attached hydrogen (secondary N) is 1. The number of carbonyl (C=O) groups excluding carboxylic acids is 1. The molecule has 1 N–H and O–H groups in total. The molecule has 212 valence electrons. The SMILES string of the molecule is CC1CC(C)CN(c2cccc(-c3ccc4cnc(CNC(=O)c5cc6c(cn5)CCN6S(C)(=O)=O)cc4n3)n2)C1. The summed E-state index contributed by atoms with van der Waals surface area (Å²) in [6, 6.07) is 13.4. The van der Waals surface area contributed by atoms with Crippen molar-refractivity contribution in [3.05, 3.63) is 71.8 Å². The molecule has 6 rings (SSSR count). The highest BCUT2D eigenvalue weighted by molar-refractivity contribution is 7.92. The number of fused-ring (bicyclic) bond motifs is 2. The van der Waals surface area contributed by atoms with Crippen LogP contribution >= 0.6 is 0 Å². The third-order valence-corrected chi connectivity index (χ3v) is 8.88. The molecule has 1 saturated heterocycles. The van der Waals surface area contributed by atoms with E-state index in [1.165, 1.54) is 16.8 Å². The molecule has 11 heteroatoms. The summed E-state index contributed by atoms with van der Waals surface area (Å²) in [4.78, 5) is 33.8. The third kappa shape index (κ3) is 5.72. The van der Waals surface area contributed by atoms with Gasteiger partial charge in [-0.05, 0) is 66.6 Å². The number of pyridine rings is 4. The Kier molecular flexibility index (Phi) is 7.06. The Balaban J connectivity index is 1.19. The maximum absolute atomic E-state index is 12.9. The molecule has 1 fully saturated rings. The van der Waals surface area contributed by atoms with Crippen LogP contribution < -0.4 is 14.5 Å². The Labute approximate surface area is 239 Å². The zero-order chi connectivity index (χ0) is 28.7. The van der Waals surface area contributed by atoms with Crippen LogP contribution in [0.2, 0.25) is 0 Å². The molecule has 2 unspecified atom stereocenters. The number of rotatable bonds is 6. The van der Waals surface area contributed by atoms with Crippen LogP contribution in [0.25, 0.3) is 22.3 Å². The molecule has 0 radical (unpaired) electrons. The van der Waals surface area contributed by atoms with Crippen molar-refractivity contribution >= 4 is 38.3 Å². The van der Waals surface area contributed by atoms with Crippen LogP contribution in [0.4, 0.5) is 11.5 Å². The van der Waals surface area contributed by atoms with E-state index >= 15 is 0 Å². The minimum absolute atomic E-state index is 0.156. The van der Waals surface area contributed by atoms with Crippen LogP contribution in [-0.4, -0.2) is 60.2 Å². The molecule has 2 atom stereocenters. The van der Waals surface area contributed by atoms with Crippen LogP contribution in [0.5, 0.6) is 0 Å². The third-order valence-electron chi connectivity index (χ3n) is 7.70. The summed E-state index contributed by atoms with van der Waals surface area (Å²) in [6.07, 6.45) is 6.29. The highest BCUT2D eigenvalue weighted by Crippen LogP contribution is 2.30. The van der Waals surface area contributed by atoms with Gasteiger partial charge in [-0.15, -0.1) is 0 Å². The molecule has 6 heterocycles. The smallest absolute Gasteiger partial charge is 0.270 e. The molecule has 0 saturated carbocycles. The first-order valence-electron chi connectivity index (χ1n) is 13.9. The van der Waals surface area contributed by atoms with Gasteiger partial charge in [0.25, 0.3) is 5.91 Å². The maximum atomic E-state index is 12.9. The van der Waals surface area contributed by atoms with Gasteiger partial charge in [0.2, 0.25) is 10.0 Å². The summed E-state index contributed by atoms with van der Waals surface area (Å²) in [5.41, 5.74) is 4.47. The van der Waals surface area contributed by atoms with Crippen molar-refractivity contribution in [1.82, 2.24) is 25.3 Å². The standard InChI is InChI=1S/C30H33N7O3S/c1-19-11-20(2)18-36(17-19)29-6-4-5-24(35-29)25-8-7-21-14-31-23(12-26(21)34-25)16-33-30(38)27-13-28-22(15-32-27)9-10-37(28)41(3,39)40/h4-8,12-15,19-20H,9-11,16-18H2,1-3H3,(H,33,38). The van der Waals surface area contributed by atoms with Gasteiger partial charge >= 0.3 is 0 Å². The number of hydrogen-bond donors (Lipinski definition) is 1. The van der Waals surface area contributed by atoms with Gasteiger partial charge in [0.1, 0.15) is 11.5 Å². The number of carbonyl (C=O) groups is 1. The first kappa shape index (κ1) is 27.1. The number of nitrogens with zero attached hydrogens (tertiary/aromatic N) is 6. The number of aromatic nitrogens is 4. The average molecular weight is 572 g/mol. The van der Waals surface area contributed by atoms with E-state index in [0.29, 0.717) is 36.2 Å². The summed E-state index contributed by atoms with van der Waals surface area (Å²) in [5.74, 6) is 1.84. The molecule has 2 aliphatic heterocycles. The van der Waals surface area contributed by atoms with Crippen molar-refractivity contribution in [3.8, 4) is 11.4 Å². The van der Waals surface area contributed by atoms with Gasteiger partial charge in [0, 0.05) is 37.4 Å². The Hall–Kier alpha value is -4.12. The lowest BCUT2D eigenvalue weighted by molar-refractivity contribution is 0.0945. The Morgan fingerprint density at radius 2 is 1.78 bits per heavy atom. The van der Waals surface area contributed by atoms with Crippen molar-refractivity contribution in [2.75, 3.05) is 35.1 Å². The molecule has 10 nitrogen and oxygen atoms in total. The minimum atomic E-state index is -3.42. The second-order valence-electron chi connectivity index (χ2n) is 11.3. The van der Waals surface area contributed by atoms with E-state index in [1.807, 2.05) is 30.3 Å². The molecule has 41 heavy (non-hydrogen) atoms. The van der Waals surface area contributed by atoms with Gasteiger partial charge in [-0.3, -0.25) is 19.1 Å². The predicted octanol–water partition coefficient (Wildman–Crippen LogP) is 3.82. The average Bonchev–Trinajstić information content (AvgIpc) is 3.39. The highest BCUT2D eigenvalue weighted by atomic mass is 32.2. The topological polar surface area (TPSA) is 121 Å². The monoisotopic (exact) mass is 571 g/mol. The fourth-order valence-corrected chi connectivity index (χ4v) is 6.81. The number of piperidine rings is 1. The maximum Gasteiger partial charge on any atom is 0.270 e. The van der Waals surface area contributed by atoms with Crippen molar-refractivity contribution < 1.29 is 13.2 Å². The summed E-state index contributed by atoms with van der Waals surface area (Å²) < 4.78 is 25.5. The summed E-state index contributed by atoms with van der Waals surface area (Å²) >= 11 is 0. The van der Waals surface area contributed by atoms with E-state index in [1.54, 1.807) is 12.4 Å². The lowest BCUT2D eigenvalue weighted by Gasteiger charge is -2.35. The number of sulfonamides is 1. The Bertz CT molecular complexity index is 1730. The Morgan fingerprint density at radius 1 is 1.00 bits per heavy atom. The summed E-state index contributed by atoms with van der Waals surface area (Å²) in [6.45, 7) is 7.12. The quantitative estimate of drug-likeness (QED) is 0.371. The molecular weight excluding hydrogens is 538 g/mol. The van der Waals surface area contributed by atoms with E-state index < -0.39 is 15.9 Å². The molecule has 2 aliphatic rings. The number of anilines is 2. The van der Waals surface area contributed by atoms with Crippen molar-refractivity contribution in [2.45, 2.75) is 33.2 Å². The van der Waals surface area contributed by atoms with Gasteiger partial charge < -0.3 is 10.2 Å². The summed E-state index contributed by atoms with van der Waals surface area (Å²) in [5, 5.41) is 3.73. The molecule has 1 amide bonds. The van der Waals surface area contributed by atoms with Crippen LogP contribution in [0.15, 0.2) is 54.9 Å². The lowest BCUT2D eigenvalue weighted by atomic mass is 9.92. The van der Waals surface area contributed by atoms with Crippen molar-refractivity contribution in [2.24, 2.45) is 11.8 Å². The normalized spacial score (nSPS) is 18.9. The van der Waals surface area contributed by atoms with Crippen molar-refractivity contribution in [1.29, 1.82) is 0 Å². The molecule has 0 aliphatic carbocycles. The molecule has 0 spiro atoms. The fourth-order valence-electron chi connectivity index (χ4n) is 5.86. The molecule has 4 aromatic rings. The van der Waals surface area contributed by atoms with E-state index in [2.05, 4.69) is 40.1 Å². The zero-order valence-electron chi connectivity index (χ0n) is 23.4. The van der Waals surface area contributed by atoms with Gasteiger partial charge in [0.15, 0.2) is 0 Å². The molecule has 0 aromatic carbocycles. The van der Waals surface area contributed by atoms with Crippen LogP contribution in [0.1, 0.15) is 42.0 Å².